The van der Waals surface area contributed by atoms with E-state index in [2.05, 4.69) is 20.7 Å². The minimum Gasteiger partial charge on any atom is -0.408 e. The van der Waals surface area contributed by atoms with E-state index in [-0.39, 0.29) is 35.7 Å². The van der Waals surface area contributed by atoms with Gasteiger partial charge in [0, 0.05) is 26.2 Å². The Morgan fingerprint density at radius 1 is 0.919 bits per heavy atom. The van der Waals surface area contributed by atoms with E-state index < -0.39 is 35.0 Å². The number of hydrogen-bond donors (Lipinski definition) is 2. The molecule has 2 aromatic carbocycles. The summed E-state index contributed by atoms with van der Waals surface area (Å²) in [6.07, 6.45) is 0.848. The monoisotopic (exact) mass is 510 g/mol. The fraction of sp³-hybridized carbons (Fsp3) is 0.125. The Labute approximate surface area is 205 Å². The molecule has 5 aromatic rings. The molecule has 3 aromatic heterocycles. The van der Waals surface area contributed by atoms with Gasteiger partial charge < -0.3 is 15.1 Å². The van der Waals surface area contributed by atoms with Crippen LogP contribution >= 0.6 is 0 Å². The third kappa shape index (κ3) is 4.53. The molecule has 0 bridgehead atoms. The topological polar surface area (TPSA) is 124 Å². The summed E-state index contributed by atoms with van der Waals surface area (Å²) < 4.78 is 48.2. The van der Waals surface area contributed by atoms with Gasteiger partial charge in [0.2, 0.25) is 0 Å². The average Bonchev–Trinajstić information content (AvgIpc) is 3.40. The zero-order chi connectivity index (χ0) is 26.3. The highest BCUT2D eigenvalue weighted by molar-refractivity contribution is 5.98. The van der Waals surface area contributed by atoms with E-state index in [1.165, 1.54) is 10.6 Å². The number of oxazole rings is 1. The molecule has 0 radical (unpaired) electrons. The Bertz CT molecular complexity index is 1760. The first-order valence-corrected chi connectivity index (χ1v) is 10.8. The molecule has 2 N–H and O–H groups in total. The molecule has 0 aliphatic rings. The summed E-state index contributed by atoms with van der Waals surface area (Å²) >= 11 is 0. The highest BCUT2D eigenvalue weighted by Gasteiger charge is 2.20. The van der Waals surface area contributed by atoms with Crippen molar-refractivity contribution in [1.29, 1.82) is 0 Å². The van der Waals surface area contributed by atoms with E-state index in [0.29, 0.717) is 16.7 Å². The van der Waals surface area contributed by atoms with Gasteiger partial charge >= 0.3 is 5.76 Å². The van der Waals surface area contributed by atoms with Crippen LogP contribution in [0.2, 0.25) is 0 Å². The second-order valence-electron chi connectivity index (χ2n) is 8.10. The number of benzene rings is 2. The van der Waals surface area contributed by atoms with Crippen molar-refractivity contribution in [2.24, 2.45) is 7.05 Å². The van der Waals surface area contributed by atoms with Crippen LogP contribution in [0, 0.1) is 17.5 Å². The van der Waals surface area contributed by atoms with E-state index in [9.17, 15) is 27.6 Å². The van der Waals surface area contributed by atoms with Gasteiger partial charge in [-0.1, -0.05) is 12.1 Å². The van der Waals surface area contributed by atoms with Crippen molar-refractivity contribution in [3.8, 4) is 0 Å². The molecular weight excluding hydrogens is 493 g/mol. The summed E-state index contributed by atoms with van der Waals surface area (Å²) in [7, 11) is 1.55. The van der Waals surface area contributed by atoms with E-state index >= 15 is 0 Å². The summed E-state index contributed by atoms with van der Waals surface area (Å²) in [6.45, 7) is -0.121. The van der Waals surface area contributed by atoms with Crippen LogP contribution < -0.4 is 16.4 Å². The molecule has 0 aliphatic heterocycles. The zero-order valence-electron chi connectivity index (χ0n) is 19.1. The van der Waals surface area contributed by atoms with Crippen molar-refractivity contribution in [3.05, 3.63) is 99.2 Å². The van der Waals surface area contributed by atoms with Crippen LogP contribution in [-0.2, 0) is 20.1 Å². The van der Waals surface area contributed by atoms with E-state index in [1.54, 1.807) is 25.2 Å². The van der Waals surface area contributed by atoms with Crippen molar-refractivity contribution < 1.29 is 27.2 Å². The zero-order valence-corrected chi connectivity index (χ0v) is 19.1. The molecule has 0 unspecified atom stereocenters. The summed E-state index contributed by atoms with van der Waals surface area (Å²) in [5, 5.41) is 8.94. The van der Waals surface area contributed by atoms with Crippen molar-refractivity contribution in [2.45, 2.75) is 13.1 Å². The molecule has 188 valence electrons. The highest BCUT2D eigenvalue weighted by atomic mass is 19.2. The number of fused-ring (bicyclic) bond motifs is 2. The normalized spacial score (nSPS) is 11.2. The van der Waals surface area contributed by atoms with Crippen molar-refractivity contribution in [3.63, 3.8) is 0 Å². The Hall–Kier alpha value is -4.94. The Morgan fingerprint density at radius 3 is 2.38 bits per heavy atom. The average molecular weight is 510 g/mol. The fourth-order valence-corrected chi connectivity index (χ4v) is 3.69. The number of rotatable bonds is 6. The van der Waals surface area contributed by atoms with Gasteiger partial charge in [0.15, 0.2) is 28.7 Å². The van der Waals surface area contributed by atoms with E-state index in [4.69, 9.17) is 4.42 Å². The first kappa shape index (κ1) is 23.8. The van der Waals surface area contributed by atoms with Crippen molar-refractivity contribution in [1.82, 2.24) is 29.8 Å². The van der Waals surface area contributed by atoms with Gasteiger partial charge in [0.1, 0.15) is 11.4 Å². The van der Waals surface area contributed by atoms with Gasteiger partial charge in [0.05, 0.1) is 11.7 Å². The minimum atomic E-state index is -1.07. The predicted octanol–water partition coefficient (Wildman–Crippen LogP) is 2.45. The third-order valence-electron chi connectivity index (χ3n) is 5.64. The lowest BCUT2D eigenvalue weighted by Gasteiger charge is -2.10. The Morgan fingerprint density at radius 2 is 1.62 bits per heavy atom. The number of carbonyl (C=O) groups excluding carboxylic acids is 2. The molecule has 0 saturated heterocycles. The molecule has 0 aliphatic carbocycles. The number of carbonyl (C=O) groups is 2. The number of nitrogens with one attached hydrogen (secondary N) is 2. The third-order valence-corrected chi connectivity index (χ3v) is 5.64. The second kappa shape index (κ2) is 9.26. The maximum atomic E-state index is 14.3. The number of nitrogens with zero attached hydrogens (tertiary/aromatic N) is 4. The van der Waals surface area contributed by atoms with Crippen LogP contribution in [0.1, 0.15) is 32.1 Å². The van der Waals surface area contributed by atoms with Gasteiger partial charge in [-0.05, 0) is 35.4 Å². The maximum absolute atomic E-state index is 14.3. The van der Waals surface area contributed by atoms with E-state index in [0.717, 1.165) is 28.9 Å². The van der Waals surface area contributed by atoms with Gasteiger partial charge in [0.25, 0.3) is 11.8 Å². The minimum absolute atomic E-state index is 0.0421. The first-order valence-electron chi connectivity index (χ1n) is 10.8. The smallest absolute Gasteiger partial charge is 0.408 e. The fourth-order valence-electron chi connectivity index (χ4n) is 3.69. The molecule has 2 amide bonds. The maximum Gasteiger partial charge on any atom is 0.419 e. The number of halogens is 3. The molecule has 10 nitrogen and oxygen atoms in total. The van der Waals surface area contributed by atoms with Crippen LogP contribution in [0.3, 0.4) is 0 Å². The lowest BCUT2D eigenvalue weighted by Crippen LogP contribution is -2.28. The standard InChI is InChI=1S/C24H17F3N6O4/c1-32-18-7-13(3-5-20(18)37-24(32)36)10-28-22(34)17-8-19(33-21(31-17)16(27)11-30-33)23(35)29-9-12-2-4-14(25)15(26)6-12/h2-8,11H,9-10H2,1H3,(H,28,34)(H,29,35). The number of hydrogen-bond acceptors (Lipinski definition) is 6. The second-order valence-corrected chi connectivity index (χ2v) is 8.10. The molecule has 0 atom stereocenters. The number of amides is 2. The molecule has 0 spiro atoms. The summed E-state index contributed by atoms with van der Waals surface area (Å²) in [5.74, 6) is -4.91. The van der Waals surface area contributed by atoms with Gasteiger partial charge in [-0.2, -0.15) is 5.10 Å². The molecule has 0 fully saturated rings. The van der Waals surface area contributed by atoms with Crippen LogP contribution in [0.25, 0.3) is 16.7 Å². The molecule has 5 rings (SSSR count). The van der Waals surface area contributed by atoms with Crippen molar-refractivity contribution in [2.75, 3.05) is 0 Å². The van der Waals surface area contributed by atoms with Gasteiger partial charge in [-0.25, -0.2) is 27.5 Å². The van der Waals surface area contributed by atoms with Gasteiger partial charge in [-0.15, -0.1) is 0 Å². The number of aryl methyl sites for hydroxylation is 1. The quantitative estimate of drug-likeness (QED) is 0.362. The van der Waals surface area contributed by atoms with E-state index in [1.807, 2.05) is 0 Å². The molecular formula is C24H17F3N6O4. The van der Waals surface area contributed by atoms with Crippen LogP contribution in [0.15, 0.2) is 57.9 Å². The lowest BCUT2D eigenvalue weighted by atomic mass is 10.2. The molecule has 37 heavy (non-hydrogen) atoms. The van der Waals surface area contributed by atoms with Crippen LogP contribution in [0.4, 0.5) is 13.2 Å². The summed E-state index contributed by atoms with van der Waals surface area (Å²) in [6, 6.07) is 9.23. The Balaban J connectivity index is 1.37. The van der Waals surface area contributed by atoms with Crippen LogP contribution in [0.5, 0.6) is 0 Å². The highest BCUT2D eigenvalue weighted by Crippen LogP contribution is 2.16. The molecule has 13 heteroatoms. The van der Waals surface area contributed by atoms with Crippen molar-refractivity contribution >= 4 is 28.6 Å². The molecule has 3 heterocycles. The lowest BCUT2D eigenvalue weighted by molar-refractivity contribution is 0.0942. The largest absolute Gasteiger partial charge is 0.419 e. The molecule has 0 saturated carbocycles. The first-order chi connectivity index (χ1) is 17.7. The van der Waals surface area contributed by atoms with Gasteiger partial charge in [-0.3, -0.25) is 14.2 Å². The van der Waals surface area contributed by atoms with Crippen LogP contribution in [-0.4, -0.2) is 31.0 Å². The summed E-state index contributed by atoms with van der Waals surface area (Å²) in [4.78, 5) is 41.3. The number of aromatic nitrogens is 4. The summed E-state index contributed by atoms with van der Waals surface area (Å²) in [5.41, 5.74) is 1.08. The Kier molecular flexibility index (Phi) is 5.95. The SMILES string of the molecule is Cn1c(=O)oc2ccc(CNC(=O)c3cc(C(=O)NCc4ccc(F)c(F)c4)n4ncc(F)c4n3)cc21. The predicted molar refractivity (Wildman–Crippen MR) is 123 cm³/mol.